The van der Waals surface area contributed by atoms with Gasteiger partial charge in [-0.05, 0) is 12.1 Å². The highest BCUT2D eigenvalue weighted by molar-refractivity contribution is 6.04. The van der Waals surface area contributed by atoms with E-state index >= 15 is 0 Å². The van der Waals surface area contributed by atoms with E-state index < -0.39 is 17.2 Å². The van der Waals surface area contributed by atoms with Crippen molar-refractivity contribution in [1.82, 2.24) is 9.97 Å². The molecular weight excluding hydrogens is 278 g/mol. The largest absolute Gasteiger partial charge is 0.497 e. The van der Waals surface area contributed by atoms with Gasteiger partial charge in [0, 0.05) is 12.3 Å². The number of H-pyrrole nitrogens is 2. The van der Waals surface area contributed by atoms with Crippen LogP contribution < -0.4 is 26.0 Å². The molecule has 1 amide bonds. The molecule has 0 aliphatic rings. The number of hydrogen-bond acceptors (Lipinski definition) is 5. The van der Waals surface area contributed by atoms with Crippen molar-refractivity contribution in [2.45, 2.75) is 0 Å². The van der Waals surface area contributed by atoms with Crippen molar-refractivity contribution in [2.75, 3.05) is 19.5 Å². The first kappa shape index (κ1) is 14.4. The van der Waals surface area contributed by atoms with Crippen molar-refractivity contribution < 1.29 is 14.3 Å². The molecule has 0 saturated heterocycles. The van der Waals surface area contributed by atoms with Crippen LogP contribution in [0.15, 0.2) is 34.0 Å². The summed E-state index contributed by atoms with van der Waals surface area (Å²) >= 11 is 0. The summed E-state index contributed by atoms with van der Waals surface area (Å²) in [7, 11) is 2.93. The molecule has 0 saturated carbocycles. The minimum atomic E-state index is -0.780. The van der Waals surface area contributed by atoms with Gasteiger partial charge in [0.05, 0.1) is 19.9 Å². The quantitative estimate of drug-likeness (QED) is 0.751. The molecule has 0 fully saturated rings. The fraction of sp³-hybridized carbons (Fsp3) is 0.154. The van der Waals surface area contributed by atoms with Crippen LogP contribution in [0.3, 0.4) is 0 Å². The molecule has 0 unspecified atom stereocenters. The molecule has 2 rings (SSSR count). The van der Waals surface area contributed by atoms with Gasteiger partial charge in [0.2, 0.25) is 0 Å². The first-order valence-corrected chi connectivity index (χ1v) is 5.90. The van der Waals surface area contributed by atoms with Crippen LogP contribution >= 0.6 is 0 Å². The van der Waals surface area contributed by atoms with Crippen LogP contribution in [0.2, 0.25) is 0 Å². The first-order chi connectivity index (χ1) is 10.0. The SMILES string of the molecule is COc1ccc(OC)c(NC(=O)c2c[nH]c(=O)[nH]c2=O)c1. The van der Waals surface area contributed by atoms with Gasteiger partial charge in [-0.15, -0.1) is 0 Å². The van der Waals surface area contributed by atoms with Gasteiger partial charge >= 0.3 is 5.69 Å². The zero-order valence-electron chi connectivity index (χ0n) is 11.4. The Morgan fingerprint density at radius 2 is 1.95 bits per heavy atom. The fourth-order valence-corrected chi connectivity index (χ4v) is 1.68. The van der Waals surface area contributed by atoms with Crippen LogP contribution in [0.1, 0.15) is 10.4 Å². The molecule has 1 heterocycles. The van der Waals surface area contributed by atoms with Gasteiger partial charge < -0.3 is 19.8 Å². The number of aromatic nitrogens is 2. The number of anilines is 1. The van der Waals surface area contributed by atoms with Crippen LogP contribution in [0.4, 0.5) is 5.69 Å². The van der Waals surface area contributed by atoms with Crippen LogP contribution in [0.25, 0.3) is 0 Å². The first-order valence-electron chi connectivity index (χ1n) is 5.90. The van der Waals surface area contributed by atoms with Crippen LogP contribution in [0, 0.1) is 0 Å². The van der Waals surface area contributed by atoms with E-state index in [0.29, 0.717) is 17.2 Å². The number of carbonyl (C=O) groups excluding carboxylic acids is 1. The second kappa shape index (κ2) is 5.95. The maximum Gasteiger partial charge on any atom is 0.325 e. The van der Waals surface area contributed by atoms with E-state index in [-0.39, 0.29) is 5.56 Å². The summed E-state index contributed by atoms with van der Waals surface area (Å²) < 4.78 is 10.2. The van der Waals surface area contributed by atoms with Crippen molar-refractivity contribution >= 4 is 11.6 Å². The molecule has 8 heteroatoms. The molecule has 2 aromatic rings. The second-order valence-corrected chi connectivity index (χ2v) is 4.01. The molecule has 21 heavy (non-hydrogen) atoms. The summed E-state index contributed by atoms with van der Waals surface area (Å²) in [6, 6.07) is 4.84. The van der Waals surface area contributed by atoms with Crippen LogP contribution in [0.5, 0.6) is 11.5 Å². The Kier molecular flexibility index (Phi) is 4.07. The standard InChI is InChI=1S/C13H13N3O5/c1-20-7-3-4-10(21-2)9(5-7)15-11(17)8-6-14-13(19)16-12(8)18/h3-6H,1-2H3,(H,15,17)(H2,14,16,18,19). The third-order valence-electron chi connectivity index (χ3n) is 2.72. The van der Waals surface area contributed by atoms with E-state index in [1.54, 1.807) is 18.2 Å². The zero-order valence-corrected chi connectivity index (χ0v) is 11.4. The molecular formula is C13H13N3O5. The predicted octanol–water partition coefficient (Wildman–Crippen LogP) is 0.333. The summed E-state index contributed by atoms with van der Waals surface area (Å²) in [5, 5.41) is 2.53. The average Bonchev–Trinajstić information content (AvgIpc) is 2.46. The average molecular weight is 291 g/mol. The Bertz CT molecular complexity index is 778. The monoisotopic (exact) mass is 291 g/mol. The predicted molar refractivity (Wildman–Crippen MR) is 75.2 cm³/mol. The van der Waals surface area contributed by atoms with E-state index in [0.717, 1.165) is 6.20 Å². The van der Waals surface area contributed by atoms with Crippen molar-refractivity contribution in [3.05, 3.63) is 50.8 Å². The van der Waals surface area contributed by atoms with Crippen molar-refractivity contribution in [1.29, 1.82) is 0 Å². The molecule has 0 atom stereocenters. The van der Waals surface area contributed by atoms with Gasteiger partial charge in [0.15, 0.2) is 0 Å². The number of aromatic amines is 2. The third kappa shape index (κ3) is 3.11. The number of ether oxygens (including phenoxy) is 2. The van der Waals surface area contributed by atoms with Crippen LogP contribution in [-0.2, 0) is 0 Å². The lowest BCUT2D eigenvalue weighted by Crippen LogP contribution is -2.29. The number of methoxy groups -OCH3 is 2. The van der Waals surface area contributed by atoms with Gasteiger partial charge in [0.25, 0.3) is 11.5 Å². The molecule has 0 aliphatic heterocycles. The van der Waals surface area contributed by atoms with Gasteiger partial charge in [-0.25, -0.2) is 4.79 Å². The molecule has 0 spiro atoms. The summed E-state index contributed by atoms with van der Waals surface area (Å²) in [6.07, 6.45) is 1.04. The van der Waals surface area contributed by atoms with Gasteiger partial charge in [-0.2, -0.15) is 0 Å². The summed E-state index contributed by atoms with van der Waals surface area (Å²) in [5.41, 5.74) is -1.35. The minimum Gasteiger partial charge on any atom is -0.497 e. The number of carbonyl (C=O) groups is 1. The van der Waals surface area contributed by atoms with E-state index in [2.05, 4.69) is 10.3 Å². The van der Waals surface area contributed by atoms with Gasteiger partial charge in [0.1, 0.15) is 17.1 Å². The summed E-state index contributed by atoms with van der Waals surface area (Å²) in [5.74, 6) is 0.241. The smallest absolute Gasteiger partial charge is 0.325 e. The maximum atomic E-state index is 12.1. The minimum absolute atomic E-state index is 0.223. The van der Waals surface area contributed by atoms with E-state index in [1.165, 1.54) is 14.2 Å². The molecule has 0 radical (unpaired) electrons. The van der Waals surface area contributed by atoms with E-state index in [4.69, 9.17) is 9.47 Å². The second-order valence-electron chi connectivity index (χ2n) is 4.01. The topological polar surface area (TPSA) is 113 Å². The third-order valence-corrected chi connectivity index (χ3v) is 2.72. The van der Waals surface area contributed by atoms with Crippen LogP contribution in [-0.4, -0.2) is 30.1 Å². The molecule has 1 aromatic heterocycles. The van der Waals surface area contributed by atoms with Crippen molar-refractivity contribution in [3.63, 3.8) is 0 Å². The highest BCUT2D eigenvalue weighted by Crippen LogP contribution is 2.28. The number of amides is 1. The number of nitrogens with one attached hydrogen (secondary N) is 3. The zero-order chi connectivity index (χ0) is 15.4. The van der Waals surface area contributed by atoms with Gasteiger partial charge in [-0.3, -0.25) is 14.6 Å². The number of rotatable bonds is 4. The normalized spacial score (nSPS) is 10.0. The Hall–Kier alpha value is -3.03. The molecule has 0 bridgehead atoms. The van der Waals surface area contributed by atoms with Crippen molar-refractivity contribution in [3.8, 4) is 11.5 Å². The van der Waals surface area contributed by atoms with E-state index in [9.17, 15) is 14.4 Å². The lowest BCUT2D eigenvalue weighted by molar-refractivity contribution is 0.102. The lowest BCUT2D eigenvalue weighted by Gasteiger charge is -2.11. The number of hydrogen-bond donors (Lipinski definition) is 3. The highest BCUT2D eigenvalue weighted by atomic mass is 16.5. The highest BCUT2D eigenvalue weighted by Gasteiger charge is 2.14. The molecule has 0 aliphatic carbocycles. The Morgan fingerprint density at radius 1 is 1.19 bits per heavy atom. The van der Waals surface area contributed by atoms with Gasteiger partial charge in [-0.1, -0.05) is 0 Å². The summed E-state index contributed by atoms with van der Waals surface area (Å²) in [4.78, 5) is 38.8. The molecule has 8 nitrogen and oxygen atoms in total. The Balaban J connectivity index is 2.34. The summed E-state index contributed by atoms with van der Waals surface area (Å²) in [6.45, 7) is 0. The molecule has 3 N–H and O–H groups in total. The Labute approximate surface area is 118 Å². The lowest BCUT2D eigenvalue weighted by atomic mass is 10.2. The van der Waals surface area contributed by atoms with Crippen molar-refractivity contribution in [2.24, 2.45) is 0 Å². The Morgan fingerprint density at radius 3 is 2.57 bits per heavy atom. The maximum absolute atomic E-state index is 12.1. The number of benzene rings is 1. The fourth-order valence-electron chi connectivity index (χ4n) is 1.68. The molecule has 110 valence electrons. The molecule has 1 aromatic carbocycles. The van der Waals surface area contributed by atoms with E-state index in [1.807, 2.05) is 4.98 Å².